The number of carbonyl (C=O) groups is 2. The molecule has 34 heavy (non-hydrogen) atoms. The molecule has 1 aromatic heterocycles. The predicted octanol–water partition coefficient (Wildman–Crippen LogP) is 3.65. The lowest BCUT2D eigenvalue weighted by Crippen LogP contribution is -2.32. The Kier molecular flexibility index (Phi) is 5.86. The molecule has 176 valence electrons. The van der Waals surface area contributed by atoms with E-state index < -0.39 is 17.1 Å². The average Bonchev–Trinajstić information content (AvgIpc) is 3.34. The van der Waals surface area contributed by atoms with Gasteiger partial charge < -0.3 is 19.2 Å². The van der Waals surface area contributed by atoms with Crippen LogP contribution in [0.25, 0.3) is 0 Å². The van der Waals surface area contributed by atoms with E-state index in [1.54, 1.807) is 44.6 Å². The summed E-state index contributed by atoms with van der Waals surface area (Å²) in [5, 5.41) is -0.0272. The molecule has 8 nitrogen and oxygen atoms in total. The molecule has 3 heterocycles. The number of fused-ring (bicyclic) bond motifs is 2. The highest BCUT2D eigenvalue weighted by atomic mass is 32.2. The molecule has 10 heteroatoms. The summed E-state index contributed by atoms with van der Waals surface area (Å²) in [5.74, 6) is 0.000280. The maximum atomic E-state index is 13.8. The van der Waals surface area contributed by atoms with Crippen molar-refractivity contribution in [2.75, 3.05) is 25.7 Å². The molecule has 0 spiro atoms. The molecular formula is C24H22N2O6S2. The van der Waals surface area contributed by atoms with Crippen molar-refractivity contribution in [3.05, 3.63) is 62.6 Å². The van der Waals surface area contributed by atoms with Crippen LogP contribution in [0.3, 0.4) is 0 Å². The highest BCUT2D eigenvalue weighted by molar-refractivity contribution is 8.00. The molecule has 0 bridgehead atoms. The van der Waals surface area contributed by atoms with Crippen molar-refractivity contribution >= 4 is 40.6 Å². The molecule has 3 aromatic rings. The minimum Gasteiger partial charge on any atom is -0.494 e. The van der Waals surface area contributed by atoms with E-state index in [1.165, 1.54) is 16.7 Å². The van der Waals surface area contributed by atoms with Crippen LogP contribution < -0.4 is 24.0 Å². The summed E-state index contributed by atoms with van der Waals surface area (Å²) in [4.78, 5) is 44.1. The number of nitrogens with zero attached hydrogens (tertiary/aromatic N) is 1. The van der Waals surface area contributed by atoms with Crippen LogP contribution >= 0.6 is 23.1 Å². The number of nitrogens with one attached hydrogen (secondary N) is 1. The standard InChI is InChI=1S/C24H22N2O6S2/c1-4-32-14-8-6-13(7-9-14)26-22(27)18-17(12-5-10-15(30-2)16(11-12)31-3)19-21(25-24(29)34-19)33-20(18)23(26)28/h5-11,17-18,20H,4H2,1-3H3,(H,25,29)/t17-,18+,20-/m1/s1. The zero-order valence-corrected chi connectivity index (χ0v) is 20.3. The number of methoxy groups -OCH3 is 2. The van der Waals surface area contributed by atoms with Crippen molar-refractivity contribution in [3.8, 4) is 17.2 Å². The second-order valence-electron chi connectivity index (χ2n) is 7.80. The van der Waals surface area contributed by atoms with Crippen LogP contribution in [0.1, 0.15) is 23.3 Å². The number of ether oxygens (including phenoxy) is 3. The zero-order chi connectivity index (χ0) is 24.0. The lowest BCUT2D eigenvalue weighted by atomic mass is 9.83. The van der Waals surface area contributed by atoms with Gasteiger partial charge in [0.15, 0.2) is 11.5 Å². The van der Waals surface area contributed by atoms with E-state index in [1.807, 2.05) is 19.1 Å². The topological polar surface area (TPSA) is 97.9 Å². The largest absolute Gasteiger partial charge is 0.494 e. The summed E-state index contributed by atoms with van der Waals surface area (Å²) in [6.45, 7) is 2.41. The molecule has 2 aliphatic rings. The van der Waals surface area contributed by atoms with Crippen molar-refractivity contribution < 1.29 is 23.8 Å². The first-order valence-corrected chi connectivity index (χ1v) is 12.4. The van der Waals surface area contributed by atoms with Crippen molar-refractivity contribution in [1.29, 1.82) is 0 Å². The van der Waals surface area contributed by atoms with Crippen LogP contribution in [-0.4, -0.2) is 42.9 Å². The quantitative estimate of drug-likeness (QED) is 0.518. The fourth-order valence-corrected chi connectivity index (χ4v) is 7.05. The highest BCUT2D eigenvalue weighted by Gasteiger charge is 2.56. The lowest BCUT2D eigenvalue weighted by molar-refractivity contribution is -0.122. The zero-order valence-electron chi connectivity index (χ0n) is 18.7. The Labute approximate surface area is 203 Å². The molecule has 3 atom stereocenters. The maximum Gasteiger partial charge on any atom is 0.305 e. The number of anilines is 1. The fourth-order valence-electron chi connectivity index (χ4n) is 4.53. The van der Waals surface area contributed by atoms with Crippen LogP contribution in [0.5, 0.6) is 17.2 Å². The van der Waals surface area contributed by atoms with E-state index in [0.717, 1.165) is 21.8 Å². The van der Waals surface area contributed by atoms with Crippen molar-refractivity contribution in [3.63, 3.8) is 0 Å². The van der Waals surface area contributed by atoms with Gasteiger partial charge in [-0.1, -0.05) is 29.2 Å². The number of aromatic nitrogens is 1. The predicted molar refractivity (Wildman–Crippen MR) is 130 cm³/mol. The molecule has 0 unspecified atom stereocenters. The number of benzene rings is 2. The van der Waals surface area contributed by atoms with Gasteiger partial charge in [0.05, 0.1) is 37.5 Å². The fraction of sp³-hybridized carbons (Fsp3) is 0.292. The van der Waals surface area contributed by atoms with E-state index in [4.69, 9.17) is 14.2 Å². The van der Waals surface area contributed by atoms with Crippen LogP contribution in [0.4, 0.5) is 5.69 Å². The van der Waals surface area contributed by atoms with Gasteiger partial charge in [-0.3, -0.25) is 14.4 Å². The molecule has 1 N–H and O–H groups in total. The van der Waals surface area contributed by atoms with Gasteiger partial charge in [0, 0.05) is 10.8 Å². The van der Waals surface area contributed by atoms with Gasteiger partial charge in [-0.2, -0.15) is 0 Å². The Morgan fingerprint density at radius 1 is 0.971 bits per heavy atom. The van der Waals surface area contributed by atoms with E-state index in [9.17, 15) is 14.4 Å². The van der Waals surface area contributed by atoms with Gasteiger partial charge in [-0.15, -0.1) is 0 Å². The summed E-state index contributed by atoms with van der Waals surface area (Å²) in [7, 11) is 3.09. The lowest BCUT2D eigenvalue weighted by Gasteiger charge is -2.30. The van der Waals surface area contributed by atoms with Crippen LogP contribution in [0.15, 0.2) is 52.3 Å². The van der Waals surface area contributed by atoms with Crippen LogP contribution in [0.2, 0.25) is 0 Å². The van der Waals surface area contributed by atoms with Gasteiger partial charge in [0.2, 0.25) is 11.8 Å². The van der Waals surface area contributed by atoms with Crippen molar-refractivity contribution in [2.45, 2.75) is 23.1 Å². The second-order valence-corrected chi connectivity index (χ2v) is 9.97. The summed E-state index contributed by atoms with van der Waals surface area (Å²) >= 11 is 2.32. The monoisotopic (exact) mass is 498 g/mol. The molecule has 1 saturated heterocycles. The third-order valence-corrected chi connectivity index (χ3v) is 8.40. The van der Waals surface area contributed by atoms with Crippen molar-refractivity contribution in [2.24, 2.45) is 5.92 Å². The van der Waals surface area contributed by atoms with Gasteiger partial charge in [-0.05, 0) is 48.9 Å². The van der Waals surface area contributed by atoms with Gasteiger partial charge in [0.1, 0.15) is 11.0 Å². The van der Waals surface area contributed by atoms with E-state index >= 15 is 0 Å². The normalized spacial score (nSPS) is 21.3. The van der Waals surface area contributed by atoms with Crippen molar-refractivity contribution in [1.82, 2.24) is 4.98 Å². The first-order chi connectivity index (χ1) is 16.5. The summed E-state index contributed by atoms with van der Waals surface area (Å²) in [6.07, 6.45) is 0. The third-order valence-electron chi connectivity index (χ3n) is 6.00. The molecule has 2 aromatic carbocycles. The van der Waals surface area contributed by atoms with E-state index in [0.29, 0.717) is 34.6 Å². The number of imide groups is 1. The van der Waals surface area contributed by atoms with Gasteiger partial charge in [-0.25, -0.2) is 4.90 Å². The molecule has 1 fully saturated rings. The Balaban J connectivity index is 1.60. The summed E-state index contributed by atoms with van der Waals surface area (Å²) in [5.41, 5.74) is 1.27. The average molecular weight is 499 g/mol. The SMILES string of the molecule is CCOc1ccc(N2C(=O)[C@H]3[C@@H](c4ccc(OC)c(OC)c4)c4sc(=O)[nH]c4S[C@H]3C2=O)cc1. The van der Waals surface area contributed by atoms with Gasteiger partial charge in [0.25, 0.3) is 0 Å². The minimum absolute atomic E-state index is 0.216. The number of H-pyrrole nitrogens is 1. The second kappa shape index (κ2) is 8.84. The molecule has 0 saturated carbocycles. The van der Waals surface area contributed by atoms with E-state index in [2.05, 4.69) is 4.98 Å². The number of thioether (sulfide) groups is 1. The number of hydrogen-bond donors (Lipinski definition) is 1. The molecule has 2 amide bonds. The minimum atomic E-state index is -0.666. The number of aromatic amines is 1. The number of carbonyl (C=O) groups excluding carboxylic acids is 2. The van der Waals surface area contributed by atoms with Gasteiger partial charge >= 0.3 is 4.87 Å². The molecule has 0 radical (unpaired) electrons. The molecule has 5 rings (SSSR count). The van der Waals surface area contributed by atoms with Crippen LogP contribution in [-0.2, 0) is 9.59 Å². The summed E-state index contributed by atoms with van der Waals surface area (Å²) < 4.78 is 16.3. The molecule has 0 aliphatic carbocycles. The smallest absolute Gasteiger partial charge is 0.305 e. The van der Waals surface area contributed by atoms with Crippen LogP contribution in [0, 0.1) is 5.92 Å². The third kappa shape index (κ3) is 3.57. The Morgan fingerprint density at radius 2 is 1.71 bits per heavy atom. The Hall–Kier alpha value is -3.24. The maximum absolute atomic E-state index is 13.8. The summed E-state index contributed by atoms with van der Waals surface area (Å²) in [6, 6.07) is 12.3. The number of thiazole rings is 1. The Bertz CT molecular complexity index is 1320. The number of amides is 2. The number of rotatable bonds is 6. The highest BCUT2D eigenvalue weighted by Crippen LogP contribution is 2.53. The number of hydrogen-bond acceptors (Lipinski definition) is 8. The first kappa shape index (κ1) is 22.5. The molecule has 2 aliphatic heterocycles. The van der Waals surface area contributed by atoms with E-state index in [-0.39, 0.29) is 16.7 Å². The first-order valence-electron chi connectivity index (χ1n) is 10.7. The Morgan fingerprint density at radius 3 is 2.38 bits per heavy atom. The molecular weight excluding hydrogens is 476 g/mol.